The van der Waals surface area contributed by atoms with E-state index in [2.05, 4.69) is 15.3 Å². The first-order chi connectivity index (χ1) is 11.2. The molecule has 0 aliphatic carbocycles. The largest absolute Gasteiger partial charge is 0.319 e. The van der Waals surface area contributed by atoms with Crippen molar-refractivity contribution >= 4 is 23.4 Å². The first-order valence-electron chi connectivity index (χ1n) is 6.78. The third-order valence-corrected chi connectivity index (χ3v) is 3.80. The Balaban J connectivity index is 1.98. The van der Waals surface area contributed by atoms with Crippen molar-refractivity contribution in [3.8, 4) is 5.69 Å². The predicted molar refractivity (Wildman–Crippen MR) is 87.5 cm³/mol. The standard InChI is InChI=1S/C16H13FN4OS/c1-23-16-19-10-14(15(22)20-12-3-2-8-18-9-12)21(16)13-6-4-11(17)5-7-13/h2-10H,1H3,(H,20,22). The molecule has 0 bridgehead atoms. The van der Waals surface area contributed by atoms with Crippen LogP contribution < -0.4 is 5.32 Å². The second kappa shape index (κ2) is 6.62. The van der Waals surface area contributed by atoms with Gasteiger partial charge in [-0.05, 0) is 42.7 Å². The monoisotopic (exact) mass is 328 g/mol. The summed E-state index contributed by atoms with van der Waals surface area (Å²) in [7, 11) is 0. The summed E-state index contributed by atoms with van der Waals surface area (Å²) in [6, 6.07) is 9.40. The normalized spacial score (nSPS) is 10.5. The summed E-state index contributed by atoms with van der Waals surface area (Å²) < 4.78 is 14.8. The number of halogens is 1. The Morgan fingerprint density at radius 1 is 1.22 bits per heavy atom. The second-order valence-electron chi connectivity index (χ2n) is 4.64. The van der Waals surface area contributed by atoms with Crippen LogP contribution in [0.3, 0.4) is 0 Å². The summed E-state index contributed by atoms with van der Waals surface area (Å²) in [6.45, 7) is 0. The Morgan fingerprint density at radius 2 is 2.00 bits per heavy atom. The van der Waals surface area contributed by atoms with E-state index in [0.29, 0.717) is 22.2 Å². The number of carbonyl (C=O) groups is 1. The van der Waals surface area contributed by atoms with Gasteiger partial charge in [0.15, 0.2) is 5.16 Å². The maximum Gasteiger partial charge on any atom is 0.274 e. The molecule has 23 heavy (non-hydrogen) atoms. The third kappa shape index (κ3) is 3.24. The van der Waals surface area contributed by atoms with E-state index < -0.39 is 0 Å². The molecule has 0 aliphatic heterocycles. The molecule has 1 amide bonds. The highest BCUT2D eigenvalue weighted by Gasteiger charge is 2.18. The molecule has 7 heteroatoms. The minimum atomic E-state index is -0.332. The zero-order valence-electron chi connectivity index (χ0n) is 12.2. The van der Waals surface area contributed by atoms with Crippen LogP contribution in [0.5, 0.6) is 0 Å². The molecule has 116 valence electrons. The fraction of sp³-hybridized carbons (Fsp3) is 0.0625. The van der Waals surface area contributed by atoms with E-state index in [9.17, 15) is 9.18 Å². The summed E-state index contributed by atoms with van der Waals surface area (Å²) in [5.41, 5.74) is 1.63. The first-order valence-corrected chi connectivity index (χ1v) is 8.00. The van der Waals surface area contributed by atoms with Crippen LogP contribution in [0.15, 0.2) is 60.1 Å². The van der Waals surface area contributed by atoms with Gasteiger partial charge in [-0.2, -0.15) is 0 Å². The van der Waals surface area contributed by atoms with Crippen molar-refractivity contribution in [2.24, 2.45) is 0 Å². The number of carbonyl (C=O) groups excluding carboxylic acids is 1. The summed E-state index contributed by atoms with van der Waals surface area (Å²) in [5.74, 6) is -0.643. The summed E-state index contributed by atoms with van der Waals surface area (Å²) in [5, 5.41) is 3.42. The van der Waals surface area contributed by atoms with Gasteiger partial charge in [0.25, 0.3) is 5.91 Å². The van der Waals surface area contributed by atoms with Gasteiger partial charge in [0.1, 0.15) is 11.5 Å². The lowest BCUT2D eigenvalue weighted by Crippen LogP contribution is -2.16. The van der Waals surface area contributed by atoms with Crippen LogP contribution in [0.2, 0.25) is 0 Å². The van der Waals surface area contributed by atoms with Crippen LogP contribution in [0.1, 0.15) is 10.5 Å². The first kappa shape index (κ1) is 15.2. The summed E-state index contributed by atoms with van der Waals surface area (Å²) in [6.07, 6.45) is 6.56. The number of hydrogen-bond acceptors (Lipinski definition) is 4. The molecule has 3 aromatic rings. The molecule has 3 rings (SSSR count). The second-order valence-corrected chi connectivity index (χ2v) is 5.41. The third-order valence-electron chi connectivity index (χ3n) is 3.15. The number of rotatable bonds is 4. The van der Waals surface area contributed by atoms with Gasteiger partial charge in [-0.3, -0.25) is 14.3 Å². The number of imidazole rings is 1. The van der Waals surface area contributed by atoms with Crippen molar-refractivity contribution in [3.63, 3.8) is 0 Å². The lowest BCUT2D eigenvalue weighted by Gasteiger charge is -2.11. The van der Waals surface area contributed by atoms with Crippen molar-refractivity contribution in [3.05, 3.63) is 66.5 Å². The molecule has 1 aromatic carbocycles. The van der Waals surface area contributed by atoms with Crippen LogP contribution in [-0.4, -0.2) is 26.7 Å². The van der Waals surface area contributed by atoms with Crippen molar-refractivity contribution < 1.29 is 9.18 Å². The molecule has 1 N–H and O–H groups in total. The maximum absolute atomic E-state index is 13.1. The molecule has 0 fully saturated rings. The Kier molecular flexibility index (Phi) is 4.38. The Bertz CT molecular complexity index is 818. The van der Waals surface area contributed by atoms with Crippen LogP contribution >= 0.6 is 11.8 Å². The van der Waals surface area contributed by atoms with Crippen LogP contribution in [-0.2, 0) is 0 Å². The van der Waals surface area contributed by atoms with E-state index in [1.54, 1.807) is 41.2 Å². The zero-order valence-corrected chi connectivity index (χ0v) is 13.0. The van der Waals surface area contributed by atoms with Gasteiger partial charge in [-0.1, -0.05) is 11.8 Å². The minimum absolute atomic E-state index is 0.310. The number of amides is 1. The molecule has 5 nitrogen and oxygen atoms in total. The van der Waals surface area contributed by atoms with Crippen molar-refractivity contribution in [1.82, 2.24) is 14.5 Å². The molecule has 0 atom stereocenters. The molecule has 0 spiro atoms. The van der Waals surface area contributed by atoms with E-state index in [4.69, 9.17) is 0 Å². The van der Waals surface area contributed by atoms with E-state index >= 15 is 0 Å². The number of anilines is 1. The Hall–Kier alpha value is -2.67. The number of nitrogens with one attached hydrogen (secondary N) is 1. The molecular weight excluding hydrogens is 315 g/mol. The number of benzene rings is 1. The Morgan fingerprint density at radius 3 is 2.65 bits per heavy atom. The van der Waals surface area contributed by atoms with E-state index in [1.807, 2.05) is 6.26 Å². The van der Waals surface area contributed by atoms with Gasteiger partial charge in [0, 0.05) is 11.9 Å². The molecule has 0 unspecified atom stereocenters. The molecule has 0 aliphatic rings. The zero-order chi connectivity index (χ0) is 16.2. The lowest BCUT2D eigenvalue weighted by atomic mass is 10.3. The van der Waals surface area contributed by atoms with Crippen LogP contribution in [0.4, 0.5) is 10.1 Å². The quantitative estimate of drug-likeness (QED) is 0.746. The maximum atomic E-state index is 13.1. The molecular formula is C16H13FN4OS. The number of pyridine rings is 1. The average molecular weight is 328 g/mol. The van der Waals surface area contributed by atoms with Gasteiger partial charge in [0.05, 0.1) is 18.1 Å². The highest BCUT2D eigenvalue weighted by molar-refractivity contribution is 7.98. The molecule has 0 radical (unpaired) electrons. The molecule has 0 saturated heterocycles. The Labute approximate surface area is 136 Å². The molecule has 2 aromatic heterocycles. The fourth-order valence-corrected chi connectivity index (χ4v) is 2.66. The van der Waals surface area contributed by atoms with Crippen LogP contribution in [0, 0.1) is 5.82 Å². The van der Waals surface area contributed by atoms with Gasteiger partial charge < -0.3 is 5.32 Å². The summed E-state index contributed by atoms with van der Waals surface area (Å²) >= 11 is 1.40. The van der Waals surface area contributed by atoms with Gasteiger partial charge in [-0.15, -0.1) is 0 Å². The number of aromatic nitrogens is 3. The molecule has 2 heterocycles. The fourth-order valence-electron chi connectivity index (χ4n) is 2.11. The lowest BCUT2D eigenvalue weighted by molar-refractivity contribution is 0.102. The van der Waals surface area contributed by atoms with Crippen molar-refractivity contribution in [2.75, 3.05) is 11.6 Å². The number of thioether (sulfide) groups is 1. The van der Waals surface area contributed by atoms with E-state index in [0.717, 1.165) is 0 Å². The summed E-state index contributed by atoms with van der Waals surface area (Å²) in [4.78, 5) is 20.7. The minimum Gasteiger partial charge on any atom is -0.319 e. The van der Waals surface area contributed by atoms with Gasteiger partial charge in [-0.25, -0.2) is 9.37 Å². The van der Waals surface area contributed by atoms with Gasteiger partial charge >= 0.3 is 0 Å². The van der Waals surface area contributed by atoms with Gasteiger partial charge in [0.2, 0.25) is 0 Å². The topological polar surface area (TPSA) is 59.8 Å². The smallest absolute Gasteiger partial charge is 0.274 e. The highest BCUT2D eigenvalue weighted by atomic mass is 32.2. The van der Waals surface area contributed by atoms with E-state index in [-0.39, 0.29) is 11.7 Å². The number of hydrogen-bond donors (Lipinski definition) is 1. The SMILES string of the molecule is CSc1ncc(C(=O)Nc2cccnc2)n1-c1ccc(F)cc1. The van der Waals surface area contributed by atoms with Crippen molar-refractivity contribution in [2.45, 2.75) is 5.16 Å². The number of nitrogens with zero attached hydrogens (tertiary/aromatic N) is 3. The van der Waals surface area contributed by atoms with Crippen molar-refractivity contribution in [1.29, 1.82) is 0 Å². The van der Waals surface area contributed by atoms with Crippen LogP contribution in [0.25, 0.3) is 5.69 Å². The highest BCUT2D eigenvalue weighted by Crippen LogP contribution is 2.22. The van der Waals surface area contributed by atoms with E-state index in [1.165, 1.54) is 30.1 Å². The predicted octanol–water partition coefficient (Wildman–Crippen LogP) is 3.38. The molecule has 0 saturated carbocycles. The average Bonchev–Trinajstić information content (AvgIpc) is 3.00.